The highest BCUT2D eigenvalue weighted by Crippen LogP contribution is 2.28. The van der Waals surface area contributed by atoms with Gasteiger partial charge in [0, 0.05) is 5.56 Å². The Morgan fingerprint density at radius 2 is 1.65 bits per heavy atom. The first-order valence-electron chi connectivity index (χ1n) is 7.69. The Labute approximate surface area is 137 Å². The molecule has 0 fully saturated rings. The quantitative estimate of drug-likeness (QED) is 0.546. The maximum atomic E-state index is 10.8. The summed E-state index contributed by atoms with van der Waals surface area (Å²) in [4.78, 5) is 10.8. The van der Waals surface area contributed by atoms with Gasteiger partial charge in [-0.1, -0.05) is 12.1 Å². The fraction of sp³-hybridized carbons (Fsp3) is 0.316. The zero-order chi connectivity index (χ0) is 16.7. The van der Waals surface area contributed by atoms with Gasteiger partial charge in [0.25, 0.3) is 0 Å². The average Bonchev–Trinajstić information content (AvgIpc) is 2.56. The van der Waals surface area contributed by atoms with Crippen molar-refractivity contribution < 1.29 is 19.0 Å². The first-order valence-corrected chi connectivity index (χ1v) is 7.69. The van der Waals surface area contributed by atoms with Gasteiger partial charge in [-0.25, -0.2) is 0 Å². The molecule has 0 N–H and O–H groups in total. The van der Waals surface area contributed by atoms with Gasteiger partial charge in [-0.2, -0.15) is 0 Å². The van der Waals surface area contributed by atoms with Crippen molar-refractivity contribution in [3.05, 3.63) is 53.1 Å². The molecule has 4 heteroatoms. The standard InChI is InChI=1S/C19H22O4/c1-4-21-19-12-16(13-20)8-9-18(19)23-11-10-22-17-7-5-6-14(2)15(17)3/h5-9,12-13H,4,10-11H2,1-3H3. The number of hydrogen-bond donors (Lipinski definition) is 0. The van der Waals surface area contributed by atoms with Crippen molar-refractivity contribution in [2.45, 2.75) is 20.8 Å². The number of carbonyl (C=O) groups is 1. The summed E-state index contributed by atoms with van der Waals surface area (Å²) in [6.45, 7) is 7.33. The molecule has 0 saturated heterocycles. The molecule has 122 valence electrons. The summed E-state index contributed by atoms with van der Waals surface area (Å²) in [6.07, 6.45) is 0.788. The Hall–Kier alpha value is -2.49. The topological polar surface area (TPSA) is 44.8 Å². The Morgan fingerprint density at radius 3 is 2.35 bits per heavy atom. The smallest absolute Gasteiger partial charge is 0.161 e. The van der Waals surface area contributed by atoms with Crippen molar-refractivity contribution in [3.63, 3.8) is 0 Å². The SMILES string of the molecule is CCOc1cc(C=O)ccc1OCCOc1cccc(C)c1C. The second kappa shape index (κ2) is 8.22. The van der Waals surface area contributed by atoms with Gasteiger partial charge in [-0.15, -0.1) is 0 Å². The van der Waals surface area contributed by atoms with Crippen molar-refractivity contribution in [3.8, 4) is 17.2 Å². The molecule has 0 amide bonds. The molecular weight excluding hydrogens is 292 g/mol. The average molecular weight is 314 g/mol. The van der Waals surface area contributed by atoms with E-state index in [0.717, 1.165) is 17.6 Å². The van der Waals surface area contributed by atoms with Crippen molar-refractivity contribution in [2.24, 2.45) is 0 Å². The lowest BCUT2D eigenvalue weighted by molar-refractivity contribution is 0.112. The summed E-state index contributed by atoms with van der Waals surface area (Å²) in [5.74, 6) is 2.06. The molecule has 0 aliphatic rings. The Balaban J connectivity index is 1.93. The second-order valence-corrected chi connectivity index (χ2v) is 5.15. The van der Waals surface area contributed by atoms with E-state index in [9.17, 15) is 4.79 Å². The van der Waals surface area contributed by atoms with E-state index in [1.165, 1.54) is 5.56 Å². The van der Waals surface area contributed by atoms with Crippen LogP contribution in [0.3, 0.4) is 0 Å². The van der Waals surface area contributed by atoms with Crippen LogP contribution in [0.2, 0.25) is 0 Å². The van der Waals surface area contributed by atoms with Gasteiger partial charge in [0.05, 0.1) is 6.61 Å². The number of rotatable bonds is 8. The number of carbonyl (C=O) groups excluding carboxylic acids is 1. The van der Waals surface area contributed by atoms with Crippen molar-refractivity contribution in [1.82, 2.24) is 0 Å². The van der Waals surface area contributed by atoms with E-state index >= 15 is 0 Å². The number of ether oxygens (including phenoxy) is 3. The third-order valence-electron chi connectivity index (χ3n) is 3.56. The van der Waals surface area contributed by atoms with Crippen LogP contribution in [0, 0.1) is 13.8 Å². The van der Waals surface area contributed by atoms with Crippen molar-refractivity contribution in [2.75, 3.05) is 19.8 Å². The molecule has 0 spiro atoms. The van der Waals surface area contributed by atoms with Crippen LogP contribution in [0.1, 0.15) is 28.4 Å². The van der Waals surface area contributed by atoms with Gasteiger partial charge in [-0.3, -0.25) is 4.79 Å². The highest BCUT2D eigenvalue weighted by Gasteiger charge is 2.07. The predicted molar refractivity (Wildman–Crippen MR) is 89.9 cm³/mol. The lowest BCUT2D eigenvalue weighted by Crippen LogP contribution is -2.10. The van der Waals surface area contributed by atoms with E-state index in [1.807, 2.05) is 26.0 Å². The van der Waals surface area contributed by atoms with E-state index in [4.69, 9.17) is 14.2 Å². The first-order chi connectivity index (χ1) is 11.2. The van der Waals surface area contributed by atoms with Crippen LogP contribution in [0.25, 0.3) is 0 Å². The maximum Gasteiger partial charge on any atom is 0.161 e. The maximum absolute atomic E-state index is 10.8. The summed E-state index contributed by atoms with van der Waals surface area (Å²) >= 11 is 0. The molecule has 2 rings (SSSR count). The van der Waals surface area contributed by atoms with Crippen LogP contribution >= 0.6 is 0 Å². The molecule has 0 atom stereocenters. The predicted octanol–water partition coefficient (Wildman–Crippen LogP) is 3.97. The zero-order valence-electron chi connectivity index (χ0n) is 13.8. The first kappa shape index (κ1) is 16.9. The molecule has 0 unspecified atom stereocenters. The fourth-order valence-electron chi connectivity index (χ4n) is 2.17. The number of benzene rings is 2. The molecule has 0 heterocycles. The Bertz CT molecular complexity index is 664. The minimum absolute atomic E-state index is 0.397. The van der Waals surface area contributed by atoms with E-state index in [0.29, 0.717) is 36.9 Å². The van der Waals surface area contributed by atoms with Crippen molar-refractivity contribution in [1.29, 1.82) is 0 Å². The van der Waals surface area contributed by atoms with Crippen LogP contribution in [-0.2, 0) is 0 Å². The number of aryl methyl sites for hydroxylation is 1. The molecule has 0 aliphatic heterocycles. The second-order valence-electron chi connectivity index (χ2n) is 5.15. The van der Waals surface area contributed by atoms with Crippen molar-refractivity contribution >= 4 is 6.29 Å². The van der Waals surface area contributed by atoms with Gasteiger partial charge in [0.15, 0.2) is 11.5 Å². The summed E-state index contributed by atoms with van der Waals surface area (Å²) in [7, 11) is 0. The summed E-state index contributed by atoms with van der Waals surface area (Å²) in [5, 5.41) is 0. The lowest BCUT2D eigenvalue weighted by Gasteiger charge is -2.14. The van der Waals surface area contributed by atoms with Gasteiger partial charge in [-0.05, 0) is 56.2 Å². The van der Waals surface area contributed by atoms with Gasteiger partial charge < -0.3 is 14.2 Å². The van der Waals surface area contributed by atoms with Gasteiger partial charge in [0.1, 0.15) is 25.2 Å². The monoisotopic (exact) mass is 314 g/mol. The van der Waals surface area contributed by atoms with Gasteiger partial charge in [0.2, 0.25) is 0 Å². The molecule has 0 saturated carbocycles. The summed E-state index contributed by atoms with van der Waals surface area (Å²) < 4.78 is 17.0. The van der Waals surface area contributed by atoms with Crippen LogP contribution in [0.15, 0.2) is 36.4 Å². The third-order valence-corrected chi connectivity index (χ3v) is 3.56. The highest BCUT2D eigenvalue weighted by molar-refractivity contribution is 5.76. The largest absolute Gasteiger partial charge is 0.490 e. The molecule has 23 heavy (non-hydrogen) atoms. The summed E-state index contributed by atoms with van der Waals surface area (Å²) in [6, 6.07) is 11.1. The number of hydrogen-bond acceptors (Lipinski definition) is 4. The minimum Gasteiger partial charge on any atom is -0.490 e. The molecule has 0 aromatic heterocycles. The Kier molecular flexibility index (Phi) is 6.03. The molecule has 4 nitrogen and oxygen atoms in total. The lowest BCUT2D eigenvalue weighted by atomic mass is 10.1. The van der Waals surface area contributed by atoms with E-state index in [-0.39, 0.29) is 0 Å². The Morgan fingerprint density at radius 1 is 0.913 bits per heavy atom. The van der Waals surface area contributed by atoms with Crippen LogP contribution in [0.4, 0.5) is 0 Å². The van der Waals surface area contributed by atoms with Crippen LogP contribution in [0.5, 0.6) is 17.2 Å². The molecular formula is C19H22O4. The highest BCUT2D eigenvalue weighted by atomic mass is 16.5. The molecule has 0 radical (unpaired) electrons. The van der Waals surface area contributed by atoms with E-state index in [2.05, 4.69) is 13.0 Å². The number of aldehydes is 1. The normalized spacial score (nSPS) is 10.2. The van der Waals surface area contributed by atoms with Gasteiger partial charge >= 0.3 is 0 Å². The van der Waals surface area contributed by atoms with E-state index in [1.54, 1.807) is 18.2 Å². The molecule has 2 aromatic carbocycles. The van der Waals surface area contributed by atoms with Crippen LogP contribution < -0.4 is 14.2 Å². The third kappa shape index (κ3) is 4.49. The summed E-state index contributed by atoms with van der Waals surface area (Å²) in [5.41, 5.74) is 2.90. The fourth-order valence-corrected chi connectivity index (χ4v) is 2.17. The molecule has 2 aromatic rings. The minimum atomic E-state index is 0.397. The zero-order valence-corrected chi connectivity index (χ0v) is 13.8. The van der Waals surface area contributed by atoms with E-state index < -0.39 is 0 Å². The molecule has 0 aliphatic carbocycles. The van der Waals surface area contributed by atoms with Crippen LogP contribution in [-0.4, -0.2) is 26.1 Å². The molecule has 0 bridgehead atoms.